The minimum absolute atomic E-state index is 0.0230. The smallest absolute Gasteiger partial charge is 0.416 e. The second-order valence-corrected chi connectivity index (χ2v) is 5.50. The number of hydrogen-bond acceptors (Lipinski definition) is 4. The number of carbonyl (C=O) groups excluding carboxylic acids is 2. The maximum atomic E-state index is 12.5. The molecule has 6 nitrogen and oxygen atoms in total. The van der Waals surface area contributed by atoms with Gasteiger partial charge in [0, 0.05) is 31.9 Å². The van der Waals surface area contributed by atoms with E-state index >= 15 is 0 Å². The van der Waals surface area contributed by atoms with Crippen molar-refractivity contribution in [2.45, 2.75) is 13.1 Å². The summed E-state index contributed by atoms with van der Waals surface area (Å²) in [5.41, 5.74) is -0.300. The normalized spacial score (nSPS) is 15.0. The summed E-state index contributed by atoms with van der Waals surface area (Å²) < 4.78 is 42.4. The molecule has 1 fully saturated rings. The molecule has 2 rings (SSSR count). The number of nitrogens with zero attached hydrogens (tertiary/aromatic N) is 2. The van der Waals surface area contributed by atoms with Gasteiger partial charge in [-0.2, -0.15) is 13.2 Å². The third-order valence-electron chi connectivity index (χ3n) is 3.81. The van der Waals surface area contributed by atoms with E-state index in [0.29, 0.717) is 38.5 Å². The molecule has 0 radical (unpaired) electrons. The van der Waals surface area contributed by atoms with Crippen LogP contribution in [0.25, 0.3) is 0 Å². The van der Waals surface area contributed by atoms with E-state index < -0.39 is 17.8 Å². The largest absolute Gasteiger partial charge is 0.450 e. The zero-order valence-corrected chi connectivity index (χ0v) is 13.8. The van der Waals surface area contributed by atoms with Gasteiger partial charge in [-0.3, -0.25) is 4.79 Å². The Morgan fingerprint density at radius 1 is 1.08 bits per heavy atom. The predicted molar refractivity (Wildman–Crippen MR) is 85.1 cm³/mol. The van der Waals surface area contributed by atoms with Crippen LogP contribution in [0.1, 0.15) is 12.5 Å². The highest BCUT2D eigenvalue weighted by Gasteiger charge is 2.30. The molecular formula is C16H20F3N3O3. The fourth-order valence-corrected chi connectivity index (χ4v) is 2.42. The highest BCUT2D eigenvalue weighted by Crippen LogP contribution is 2.29. The third-order valence-corrected chi connectivity index (χ3v) is 3.81. The van der Waals surface area contributed by atoms with E-state index in [4.69, 9.17) is 4.74 Å². The average molecular weight is 359 g/mol. The Morgan fingerprint density at radius 2 is 1.64 bits per heavy atom. The van der Waals surface area contributed by atoms with Gasteiger partial charge in [0.1, 0.15) is 0 Å². The maximum absolute atomic E-state index is 12.5. The number of hydrogen-bond donors (Lipinski definition) is 1. The van der Waals surface area contributed by atoms with Crippen molar-refractivity contribution < 1.29 is 27.5 Å². The molecule has 25 heavy (non-hydrogen) atoms. The quantitative estimate of drug-likeness (QED) is 0.897. The fraction of sp³-hybridized carbons (Fsp3) is 0.500. The zero-order chi connectivity index (χ0) is 18.4. The molecule has 1 heterocycles. The van der Waals surface area contributed by atoms with E-state index in [9.17, 15) is 22.8 Å². The van der Waals surface area contributed by atoms with Gasteiger partial charge in [-0.05, 0) is 31.2 Å². The van der Waals surface area contributed by atoms with Crippen LogP contribution in [0.2, 0.25) is 0 Å². The number of anilines is 1. The van der Waals surface area contributed by atoms with Gasteiger partial charge in [0.25, 0.3) is 0 Å². The molecule has 138 valence electrons. The first-order chi connectivity index (χ1) is 11.8. The van der Waals surface area contributed by atoms with E-state index in [1.807, 2.05) is 0 Å². The predicted octanol–water partition coefficient (Wildman–Crippen LogP) is 2.42. The van der Waals surface area contributed by atoms with Crippen molar-refractivity contribution in [3.05, 3.63) is 29.8 Å². The average Bonchev–Trinajstić information content (AvgIpc) is 2.59. The maximum Gasteiger partial charge on any atom is 0.416 e. The van der Waals surface area contributed by atoms with E-state index in [1.165, 1.54) is 17.0 Å². The molecule has 1 N–H and O–H groups in total. The molecule has 0 spiro atoms. The van der Waals surface area contributed by atoms with Gasteiger partial charge in [-0.25, -0.2) is 4.79 Å². The number of carbonyl (C=O) groups is 2. The van der Waals surface area contributed by atoms with Crippen LogP contribution in [0.15, 0.2) is 24.3 Å². The second-order valence-electron chi connectivity index (χ2n) is 5.50. The zero-order valence-electron chi connectivity index (χ0n) is 13.8. The molecule has 1 aromatic carbocycles. The van der Waals surface area contributed by atoms with Crippen LogP contribution in [0.4, 0.5) is 23.7 Å². The van der Waals surface area contributed by atoms with Crippen LogP contribution in [-0.4, -0.2) is 61.1 Å². The Hall–Kier alpha value is -2.45. The van der Waals surface area contributed by atoms with E-state index in [1.54, 1.807) is 11.8 Å². The van der Waals surface area contributed by atoms with Gasteiger partial charge in [-0.1, -0.05) is 0 Å². The van der Waals surface area contributed by atoms with Gasteiger partial charge in [0.15, 0.2) is 0 Å². The van der Waals surface area contributed by atoms with Crippen LogP contribution < -0.4 is 5.32 Å². The van der Waals surface area contributed by atoms with Crippen molar-refractivity contribution in [2.24, 2.45) is 0 Å². The number of alkyl halides is 3. The van der Waals surface area contributed by atoms with Crippen molar-refractivity contribution in [1.82, 2.24) is 9.80 Å². The number of benzene rings is 1. The van der Waals surface area contributed by atoms with Crippen molar-refractivity contribution in [1.29, 1.82) is 0 Å². The molecule has 0 atom stereocenters. The molecular weight excluding hydrogens is 339 g/mol. The highest BCUT2D eigenvalue weighted by molar-refractivity contribution is 5.81. The lowest BCUT2D eigenvalue weighted by Crippen LogP contribution is -2.51. The lowest BCUT2D eigenvalue weighted by molar-refractivity contribution is -0.137. The topological polar surface area (TPSA) is 61.9 Å². The molecule has 0 bridgehead atoms. The molecule has 0 saturated carbocycles. The Labute approximate surface area is 143 Å². The van der Waals surface area contributed by atoms with E-state index in [0.717, 1.165) is 12.1 Å². The monoisotopic (exact) mass is 359 g/mol. The van der Waals surface area contributed by atoms with Crippen molar-refractivity contribution in [3.63, 3.8) is 0 Å². The summed E-state index contributed by atoms with van der Waals surface area (Å²) in [7, 11) is 0. The Bertz CT molecular complexity index is 597. The Balaban J connectivity index is 1.78. The van der Waals surface area contributed by atoms with Crippen LogP contribution in [-0.2, 0) is 15.7 Å². The number of nitrogens with one attached hydrogen (secondary N) is 1. The molecule has 2 amide bonds. The number of piperazine rings is 1. The molecule has 0 aromatic heterocycles. The molecule has 1 aromatic rings. The minimum Gasteiger partial charge on any atom is -0.450 e. The first kappa shape index (κ1) is 18.9. The molecule has 9 heteroatoms. The Morgan fingerprint density at radius 3 is 2.16 bits per heavy atom. The van der Waals surface area contributed by atoms with Gasteiger partial charge >= 0.3 is 12.3 Å². The number of amides is 2. The van der Waals surface area contributed by atoms with Crippen molar-refractivity contribution in [3.8, 4) is 0 Å². The SMILES string of the molecule is CCOC(=O)N1CCN(C(=O)CNc2ccc(C(F)(F)F)cc2)CC1. The fourth-order valence-electron chi connectivity index (χ4n) is 2.42. The molecule has 0 unspecified atom stereocenters. The molecule has 0 aliphatic carbocycles. The number of halogens is 3. The summed E-state index contributed by atoms with van der Waals surface area (Å²) in [5, 5.41) is 2.81. The van der Waals surface area contributed by atoms with Crippen LogP contribution in [0.5, 0.6) is 0 Å². The molecule has 1 aliphatic heterocycles. The van der Waals surface area contributed by atoms with Gasteiger partial charge in [0.2, 0.25) is 5.91 Å². The summed E-state index contributed by atoms with van der Waals surface area (Å²) in [5.74, 6) is -0.177. The lowest BCUT2D eigenvalue weighted by Gasteiger charge is -2.34. The molecule has 1 saturated heterocycles. The summed E-state index contributed by atoms with van der Waals surface area (Å²) in [6.07, 6.45) is -4.77. The summed E-state index contributed by atoms with van der Waals surface area (Å²) in [6.45, 7) is 3.58. The van der Waals surface area contributed by atoms with Crippen LogP contribution in [0, 0.1) is 0 Å². The first-order valence-corrected chi connectivity index (χ1v) is 7.92. The minimum atomic E-state index is -4.38. The van der Waals surface area contributed by atoms with Crippen molar-refractivity contribution >= 4 is 17.7 Å². The summed E-state index contributed by atoms with van der Waals surface area (Å²) in [4.78, 5) is 26.9. The standard InChI is InChI=1S/C16H20F3N3O3/c1-2-25-15(24)22-9-7-21(8-10-22)14(23)11-20-13-5-3-12(4-6-13)16(17,18)19/h3-6,20H,2,7-11H2,1H3. The first-order valence-electron chi connectivity index (χ1n) is 7.92. The number of rotatable bonds is 4. The van der Waals surface area contributed by atoms with Crippen LogP contribution >= 0.6 is 0 Å². The van der Waals surface area contributed by atoms with E-state index in [2.05, 4.69) is 5.32 Å². The van der Waals surface area contributed by atoms with Gasteiger partial charge < -0.3 is 19.9 Å². The van der Waals surface area contributed by atoms with Crippen LogP contribution in [0.3, 0.4) is 0 Å². The number of ether oxygens (including phenoxy) is 1. The molecule has 1 aliphatic rings. The van der Waals surface area contributed by atoms with Gasteiger partial charge in [-0.15, -0.1) is 0 Å². The Kier molecular flexibility index (Phi) is 6.11. The summed E-state index contributed by atoms with van der Waals surface area (Å²) in [6, 6.07) is 4.50. The lowest BCUT2D eigenvalue weighted by atomic mass is 10.2. The summed E-state index contributed by atoms with van der Waals surface area (Å²) >= 11 is 0. The van der Waals surface area contributed by atoms with Crippen molar-refractivity contribution in [2.75, 3.05) is 44.6 Å². The van der Waals surface area contributed by atoms with Gasteiger partial charge in [0.05, 0.1) is 18.7 Å². The third kappa shape index (κ3) is 5.27. The highest BCUT2D eigenvalue weighted by atomic mass is 19.4. The second kappa shape index (κ2) is 8.09. The van der Waals surface area contributed by atoms with E-state index in [-0.39, 0.29) is 12.5 Å².